The van der Waals surface area contributed by atoms with E-state index in [-0.39, 0.29) is 12.0 Å². The third-order valence-corrected chi connectivity index (χ3v) is 2.96. The first-order valence-electron chi connectivity index (χ1n) is 4.89. The zero-order valence-corrected chi connectivity index (χ0v) is 7.81. The Balaban J connectivity index is 2.55. The summed E-state index contributed by atoms with van der Waals surface area (Å²) in [5.74, 6) is 0.290. The van der Waals surface area contributed by atoms with Crippen molar-refractivity contribution in [3.05, 3.63) is 0 Å². The lowest BCUT2D eigenvalue weighted by atomic mass is 9.81. The first-order valence-corrected chi connectivity index (χ1v) is 4.89. The summed E-state index contributed by atoms with van der Waals surface area (Å²) in [4.78, 5) is 11.5. The summed E-state index contributed by atoms with van der Waals surface area (Å²) in [6, 6.07) is 0. The predicted molar refractivity (Wildman–Crippen MR) is 47.9 cm³/mol. The maximum atomic E-state index is 11.5. The van der Waals surface area contributed by atoms with Crippen LogP contribution in [0.4, 0.5) is 0 Å². The van der Waals surface area contributed by atoms with Crippen molar-refractivity contribution in [2.75, 3.05) is 6.61 Å². The van der Waals surface area contributed by atoms with Gasteiger partial charge < -0.3 is 5.11 Å². The number of rotatable bonds is 4. The first kappa shape index (κ1) is 9.72. The van der Waals surface area contributed by atoms with E-state index in [0.717, 1.165) is 32.1 Å². The van der Waals surface area contributed by atoms with Crippen LogP contribution in [0.1, 0.15) is 45.4 Å². The number of aliphatic hydroxyl groups excluding tert-OH is 1. The van der Waals surface area contributed by atoms with Gasteiger partial charge in [0.15, 0.2) is 0 Å². The molecule has 0 aromatic carbocycles. The first-order chi connectivity index (χ1) is 5.75. The van der Waals surface area contributed by atoms with Gasteiger partial charge in [-0.15, -0.1) is 0 Å². The molecule has 0 radical (unpaired) electrons. The van der Waals surface area contributed by atoms with Crippen molar-refractivity contribution < 1.29 is 9.90 Å². The van der Waals surface area contributed by atoms with Crippen molar-refractivity contribution in [3.63, 3.8) is 0 Å². The van der Waals surface area contributed by atoms with E-state index in [1.165, 1.54) is 0 Å². The molecule has 2 heteroatoms. The van der Waals surface area contributed by atoms with Crippen molar-refractivity contribution in [3.8, 4) is 0 Å². The largest absolute Gasteiger partial charge is 0.395 e. The number of carbonyl (C=O) groups excluding carboxylic acids is 1. The SMILES string of the molecule is CCCC[C@]1(CO)CCCC1=O. The maximum Gasteiger partial charge on any atom is 0.141 e. The van der Waals surface area contributed by atoms with Crippen LogP contribution in [0.3, 0.4) is 0 Å². The Morgan fingerprint density at radius 2 is 2.33 bits per heavy atom. The van der Waals surface area contributed by atoms with Gasteiger partial charge in [-0.25, -0.2) is 0 Å². The molecule has 0 bridgehead atoms. The van der Waals surface area contributed by atoms with Crippen LogP contribution in [0.25, 0.3) is 0 Å². The van der Waals surface area contributed by atoms with E-state index < -0.39 is 0 Å². The van der Waals surface area contributed by atoms with E-state index >= 15 is 0 Å². The van der Waals surface area contributed by atoms with Crippen molar-refractivity contribution in [2.24, 2.45) is 5.41 Å². The number of hydrogen-bond donors (Lipinski definition) is 1. The number of Topliss-reactive ketones (excluding diaryl/α,β-unsaturated/α-hetero) is 1. The highest BCUT2D eigenvalue weighted by atomic mass is 16.3. The van der Waals surface area contributed by atoms with Crippen LogP contribution in [-0.2, 0) is 4.79 Å². The fraction of sp³-hybridized carbons (Fsp3) is 0.900. The Hall–Kier alpha value is -0.370. The van der Waals surface area contributed by atoms with Gasteiger partial charge in [-0.05, 0) is 19.3 Å². The Morgan fingerprint density at radius 1 is 1.58 bits per heavy atom. The molecule has 0 unspecified atom stereocenters. The van der Waals surface area contributed by atoms with Crippen LogP contribution >= 0.6 is 0 Å². The van der Waals surface area contributed by atoms with Gasteiger partial charge in [0.25, 0.3) is 0 Å². The second-order valence-electron chi connectivity index (χ2n) is 3.82. The van der Waals surface area contributed by atoms with Crippen molar-refractivity contribution in [2.45, 2.75) is 45.4 Å². The number of hydrogen-bond acceptors (Lipinski definition) is 2. The normalized spacial score (nSPS) is 29.7. The second-order valence-corrected chi connectivity index (χ2v) is 3.82. The zero-order chi connectivity index (χ0) is 9.03. The van der Waals surface area contributed by atoms with Crippen LogP contribution in [-0.4, -0.2) is 17.5 Å². The maximum absolute atomic E-state index is 11.5. The number of aliphatic hydroxyl groups is 1. The van der Waals surface area contributed by atoms with Crippen LogP contribution in [0.15, 0.2) is 0 Å². The van der Waals surface area contributed by atoms with Crippen molar-refractivity contribution >= 4 is 5.78 Å². The molecule has 12 heavy (non-hydrogen) atoms. The molecule has 0 saturated heterocycles. The summed E-state index contributed by atoms with van der Waals surface area (Å²) in [5.41, 5.74) is -0.337. The summed E-state index contributed by atoms with van der Waals surface area (Å²) in [6.07, 6.45) is 5.62. The summed E-state index contributed by atoms with van der Waals surface area (Å²) in [5, 5.41) is 9.19. The van der Waals surface area contributed by atoms with Crippen LogP contribution in [0, 0.1) is 5.41 Å². The van der Waals surface area contributed by atoms with Gasteiger partial charge >= 0.3 is 0 Å². The molecule has 1 saturated carbocycles. The molecule has 1 aliphatic rings. The summed E-state index contributed by atoms with van der Waals surface area (Å²) in [7, 11) is 0. The highest BCUT2D eigenvalue weighted by Crippen LogP contribution is 2.38. The van der Waals surface area contributed by atoms with E-state index in [9.17, 15) is 9.90 Å². The molecular weight excluding hydrogens is 152 g/mol. The second kappa shape index (κ2) is 4.04. The molecule has 1 fully saturated rings. The van der Waals surface area contributed by atoms with Gasteiger partial charge in [0.05, 0.1) is 12.0 Å². The Bertz CT molecular complexity index is 165. The van der Waals surface area contributed by atoms with E-state index in [0.29, 0.717) is 12.2 Å². The Labute approximate surface area is 74.0 Å². The lowest BCUT2D eigenvalue weighted by Crippen LogP contribution is -2.29. The van der Waals surface area contributed by atoms with Crippen LogP contribution in [0.2, 0.25) is 0 Å². The lowest BCUT2D eigenvalue weighted by molar-refractivity contribution is -0.128. The number of unbranched alkanes of at least 4 members (excludes halogenated alkanes) is 1. The highest BCUT2D eigenvalue weighted by Gasteiger charge is 2.40. The van der Waals surface area contributed by atoms with Crippen LogP contribution in [0.5, 0.6) is 0 Å². The molecule has 0 spiro atoms. The zero-order valence-electron chi connectivity index (χ0n) is 7.81. The molecule has 0 aromatic heterocycles. The molecule has 1 atom stereocenters. The Kier molecular flexibility index (Phi) is 3.27. The minimum absolute atomic E-state index is 0.0613. The molecule has 70 valence electrons. The van der Waals surface area contributed by atoms with Gasteiger partial charge in [0.1, 0.15) is 5.78 Å². The smallest absolute Gasteiger partial charge is 0.141 e. The molecule has 1 rings (SSSR count). The minimum atomic E-state index is -0.337. The van der Waals surface area contributed by atoms with Crippen molar-refractivity contribution in [1.82, 2.24) is 0 Å². The molecule has 1 aliphatic carbocycles. The predicted octanol–water partition coefficient (Wildman–Crippen LogP) is 1.91. The summed E-state index contributed by atoms with van der Waals surface area (Å²) >= 11 is 0. The average Bonchev–Trinajstić information content (AvgIpc) is 2.45. The highest BCUT2D eigenvalue weighted by molar-refractivity contribution is 5.86. The van der Waals surface area contributed by atoms with Gasteiger partial charge in [0, 0.05) is 6.42 Å². The standard InChI is InChI=1S/C10H18O2/c1-2-3-6-10(8-11)7-4-5-9(10)12/h11H,2-8H2,1H3/t10-/m1/s1. The third kappa shape index (κ3) is 1.69. The van der Waals surface area contributed by atoms with E-state index in [1.807, 2.05) is 0 Å². The average molecular weight is 170 g/mol. The van der Waals surface area contributed by atoms with Crippen molar-refractivity contribution in [1.29, 1.82) is 0 Å². The molecular formula is C10H18O2. The van der Waals surface area contributed by atoms with Crippen LogP contribution < -0.4 is 0 Å². The molecule has 0 heterocycles. The third-order valence-electron chi connectivity index (χ3n) is 2.96. The van der Waals surface area contributed by atoms with E-state index in [2.05, 4.69) is 6.92 Å². The number of ketones is 1. The van der Waals surface area contributed by atoms with Gasteiger partial charge in [-0.1, -0.05) is 19.8 Å². The quantitative estimate of drug-likeness (QED) is 0.699. The number of carbonyl (C=O) groups is 1. The summed E-state index contributed by atoms with van der Waals surface area (Å²) < 4.78 is 0. The molecule has 0 amide bonds. The van der Waals surface area contributed by atoms with E-state index in [1.54, 1.807) is 0 Å². The lowest BCUT2D eigenvalue weighted by Gasteiger charge is -2.24. The topological polar surface area (TPSA) is 37.3 Å². The van der Waals surface area contributed by atoms with Gasteiger partial charge in [-0.3, -0.25) is 4.79 Å². The van der Waals surface area contributed by atoms with Gasteiger partial charge in [-0.2, -0.15) is 0 Å². The molecule has 1 N–H and O–H groups in total. The molecule has 0 aromatic rings. The Morgan fingerprint density at radius 3 is 2.75 bits per heavy atom. The summed E-state index contributed by atoms with van der Waals surface area (Å²) in [6.45, 7) is 2.18. The van der Waals surface area contributed by atoms with Gasteiger partial charge in [0.2, 0.25) is 0 Å². The fourth-order valence-corrected chi connectivity index (χ4v) is 2.02. The molecule has 2 nitrogen and oxygen atoms in total. The minimum Gasteiger partial charge on any atom is -0.395 e. The monoisotopic (exact) mass is 170 g/mol. The van der Waals surface area contributed by atoms with E-state index in [4.69, 9.17) is 0 Å². The fourth-order valence-electron chi connectivity index (χ4n) is 2.02. The molecule has 0 aliphatic heterocycles.